The molecule has 1 aromatic heterocycles. The van der Waals surface area contributed by atoms with Gasteiger partial charge in [-0.05, 0) is 26.0 Å². The molecular formula is C14H19N5O3. The van der Waals surface area contributed by atoms with E-state index in [1.807, 2.05) is 30.3 Å². The number of anilines is 1. The smallest absolute Gasteiger partial charge is 0.277 e. The van der Waals surface area contributed by atoms with Gasteiger partial charge in [0.25, 0.3) is 5.91 Å². The molecule has 0 atom stereocenters. The summed E-state index contributed by atoms with van der Waals surface area (Å²) in [6.07, 6.45) is 1.37. The maximum atomic E-state index is 12.5. The third-order valence-electron chi connectivity index (χ3n) is 3.02. The molecule has 0 saturated carbocycles. The molecule has 8 heteroatoms. The number of carbonyl (C=O) groups is 1. The van der Waals surface area contributed by atoms with E-state index in [4.69, 9.17) is 10.6 Å². The lowest BCUT2D eigenvalue weighted by molar-refractivity contribution is -0.422. The lowest BCUT2D eigenvalue weighted by Gasteiger charge is -2.26. The summed E-state index contributed by atoms with van der Waals surface area (Å²) in [6.45, 7) is 3.84. The largest absolute Gasteiger partial charge is 0.383 e. The van der Waals surface area contributed by atoms with Gasteiger partial charge in [0.1, 0.15) is 11.4 Å². The van der Waals surface area contributed by atoms with Gasteiger partial charge >= 0.3 is 0 Å². The quantitative estimate of drug-likeness (QED) is 0.785. The first-order chi connectivity index (χ1) is 10.6. The molecule has 0 spiro atoms. The first-order valence-electron chi connectivity index (χ1n) is 6.92. The Labute approximate surface area is 128 Å². The number of nitrogens with two attached hydrogens (primary N) is 1. The van der Waals surface area contributed by atoms with Gasteiger partial charge in [-0.25, -0.2) is 9.69 Å². The highest BCUT2D eigenvalue weighted by Gasteiger charge is 2.25. The summed E-state index contributed by atoms with van der Waals surface area (Å²) in [5.74, 6) is -0.308. The maximum absolute atomic E-state index is 12.5. The van der Waals surface area contributed by atoms with Crippen molar-refractivity contribution in [2.24, 2.45) is 0 Å². The van der Waals surface area contributed by atoms with Crippen molar-refractivity contribution in [2.45, 2.75) is 13.8 Å². The Morgan fingerprint density at radius 1 is 1.36 bits per heavy atom. The van der Waals surface area contributed by atoms with Crippen LogP contribution in [0.5, 0.6) is 0 Å². The average Bonchev–Trinajstić information content (AvgIpc) is 2.90. The molecule has 2 aromatic rings. The summed E-state index contributed by atoms with van der Waals surface area (Å²) in [7, 11) is 0. The minimum Gasteiger partial charge on any atom is -0.383 e. The van der Waals surface area contributed by atoms with E-state index in [9.17, 15) is 10.0 Å². The van der Waals surface area contributed by atoms with E-state index in [1.165, 1.54) is 10.9 Å². The van der Waals surface area contributed by atoms with E-state index in [1.54, 1.807) is 13.8 Å². The van der Waals surface area contributed by atoms with Crippen LogP contribution < -0.4 is 5.73 Å². The summed E-state index contributed by atoms with van der Waals surface area (Å²) < 4.78 is 1.46. The van der Waals surface area contributed by atoms with Gasteiger partial charge in [-0.1, -0.05) is 18.2 Å². The van der Waals surface area contributed by atoms with E-state index in [0.29, 0.717) is 5.34 Å². The number of nitrogens with zero attached hydrogens (tertiary/aromatic N) is 4. The molecule has 118 valence electrons. The Morgan fingerprint density at radius 2 is 2.05 bits per heavy atom. The number of aromatic nitrogens is 2. The summed E-state index contributed by atoms with van der Waals surface area (Å²) in [6, 6.07) is 9.23. The Kier molecular flexibility index (Phi) is 5.10. The number of hydrazine groups is 1. The molecule has 1 heterocycles. The van der Waals surface area contributed by atoms with Crippen LogP contribution in [0.4, 0.5) is 5.82 Å². The molecule has 2 rings (SSSR count). The van der Waals surface area contributed by atoms with Crippen LogP contribution in [0.25, 0.3) is 5.69 Å². The van der Waals surface area contributed by atoms with Gasteiger partial charge in [-0.3, -0.25) is 14.8 Å². The van der Waals surface area contributed by atoms with Gasteiger partial charge in [0, 0.05) is 11.9 Å². The maximum Gasteiger partial charge on any atom is 0.277 e. The zero-order valence-corrected chi connectivity index (χ0v) is 12.5. The van der Waals surface area contributed by atoms with Crippen LogP contribution >= 0.6 is 0 Å². The molecule has 0 saturated heterocycles. The van der Waals surface area contributed by atoms with Crippen molar-refractivity contribution in [3.8, 4) is 5.69 Å². The van der Waals surface area contributed by atoms with Crippen LogP contribution in [0.15, 0.2) is 36.5 Å². The zero-order chi connectivity index (χ0) is 16.1. The molecular weight excluding hydrogens is 286 g/mol. The fourth-order valence-electron chi connectivity index (χ4n) is 1.96. The monoisotopic (exact) mass is 305 g/mol. The molecule has 3 N–H and O–H groups in total. The number of rotatable bonds is 6. The first-order valence-corrected chi connectivity index (χ1v) is 6.92. The third kappa shape index (κ3) is 3.08. The molecule has 0 fully saturated rings. The highest BCUT2D eigenvalue weighted by Crippen LogP contribution is 2.19. The molecule has 0 bridgehead atoms. The van der Waals surface area contributed by atoms with Crippen LogP contribution in [0.2, 0.25) is 0 Å². The van der Waals surface area contributed by atoms with Crippen LogP contribution in [-0.2, 0) is 4.84 Å². The van der Waals surface area contributed by atoms with E-state index >= 15 is 0 Å². The second-order valence-corrected chi connectivity index (χ2v) is 4.38. The highest BCUT2D eigenvalue weighted by molar-refractivity contribution is 5.98. The Hall–Kier alpha value is -2.42. The molecule has 1 aromatic carbocycles. The Morgan fingerprint density at radius 3 is 2.64 bits per heavy atom. The Balaban J connectivity index is 2.29. The van der Waals surface area contributed by atoms with Gasteiger partial charge in [0.05, 0.1) is 18.5 Å². The lowest BCUT2D eigenvalue weighted by atomic mass is 10.3. The number of amides is 1. The standard InChI is InChI=1S/C14H19N5O3/c1-3-17(19(21)22-4-2)14(20)12-10-16-18(13(12)15)11-8-6-5-7-9-11/h5-10,21H,3-4,15H2,1-2H3. The first kappa shape index (κ1) is 16.0. The van der Waals surface area contributed by atoms with Crippen LogP contribution in [0.3, 0.4) is 0 Å². The van der Waals surface area contributed by atoms with Crippen molar-refractivity contribution >= 4 is 11.7 Å². The predicted molar refractivity (Wildman–Crippen MR) is 79.9 cm³/mol. The second-order valence-electron chi connectivity index (χ2n) is 4.38. The molecule has 0 aliphatic carbocycles. The normalized spacial score (nSPS) is 10.9. The Bertz CT molecular complexity index is 629. The number of benzene rings is 1. The molecule has 0 unspecified atom stereocenters. The topological polar surface area (TPSA) is 96.9 Å². The van der Waals surface area contributed by atoms with E-state index in [2.05, 4.69) is 5.10 Å². The van der Waals surface area contributed by atoms with Gasteiger partial charge in [0.2, 0.25) is 0 Å². The van der Waals surface area contributed by atoms with Crippen molar-refractivity contribution in [3.63, 3.8) is 0 Å². The number of carbonyl (C=O) groups excluding carboxylic acids is 1. The van der Waals surface area contributed by atoms with E-state index < -0.39 is 5.91 Å². The third-order valence-corrected chi connectivity index (χ3v) is 3.02. The number of nitrogen functional groups attached to an aromatic ring is 1. The number of para-hydroxylation sites is 1. The van der Waals surface area contributed by atoms with Crippen molar-refractivity contribution in [3.05, 3.63) is 42.1 Å². The minimum absolute atomic E-state index is 0.185. The molecule has 0 aliphatic rings. The fraction of sp³-hybridized carbons (Fsp3) is 0.286. The second kappa shape index (κ2) is 7.03. The van der Waals surface area contributed by atoms with Gasteiger partial charge < -0.3 is 5.73 Å². The zero-order valence-electron chi connectivity index (χ0n) is 12.5. The van der Waals surface area contributed by atoms with Crippen molar-refractivity contribution in [1.82, 2.24) is 20.1 Å². The summed E-state index contributed by atoms with van der Waals surface area (Å²) in [5.41, 5.74) is 6.94. The molecule has 1 amide bonds. The summed E-state index contributed by atoms with van der Waals surface area (Å²) in [5, 5.41) is 15.3. The van der Waals surface area contributed by atoms with Gasteiger partial charge in [0.15, 0.2) is 0 Å². The lowest BCUT2D eigenvalue weighted by Crippen LogP contribution is -2.44. The predicted octanol–water partition coefficient (Wildman–Crippen LogP) is 1.47. The van der Waals surface area contributed by atoms with Crippen molar-refractivity contribution in [2.75, 3.05) is 18.9 Å². The molecule has 8 nitrogen and oxygen atoms in total. The molecule has 0 aliphatic heterocycles. The summed E-state index contributed by atoms with van der Waals surface area (Å²) >= 11 is 0. The van der Waals surface area contributed by atoms with Gasteiger partial charge in [-0.15, -0.1) is 0 Å². The van der Waals surface area contributed by atoms with Crippen LogP contribution in [-0.4, -0.2) is 44.4 Å². The average molecular weight is 305 g/mol. The number of hydrogen-bond donors (Lipinski definition) is 2. The van der Waals surface area contributed by atoms with Crippen molar-refractivity contribution < 1.29 is 14.8 Å². The number of hydrogen-bond acceptors (Lipinski definition) is 6. The van der Waals surface area contributed by atoms with Crippen LogP contribution in [0, 0.1) is 0 Å². The molecule has 22 heavy (non-hydrogen) atoms. The fourth-order valence-corrected chi connectivity index (χ4v) is 1.96. The van der Waals surface area contributed by atoms with Gasteiger partial charge in [-0.2, -0.15) is 5.10 Å². The highest BCUT2D eigenvalue weighted by atomic mass is 16.9. The van der Waals surface area contributed by atoms with E-state index in [-0.39, 0.29) is 24.5 Å². The molecule has 0 radical (unpaired) electrons. The van der Waals surface area contributed by atoms with Crippen LogP contribution in [0.1, 0.15) is 24.2 Å². The van der Waals surface area contributed by atoms with E-state index in [0.717, 1.165) is 10.7 Å². The SMILES string of the molecule is CCON(O)N(CC)C(=O)c1cnn(-c2ccccc2)c1N. The van der Waals surface area contributed by atoms with Crippen molar-refractivity contribution in [1.29, 1.82) is 0 Å². The summed E-state index contributed by atoms with van der Waals surface area (Å²) in [4.78, 5) is 17.4. The minimum atomic E-state index is -0.502.